The molecule has 0 atom stereocenters. The van der Waals surface area contributed by atoms with E-state index in [1.54, 1.807) is 0 Å². The molecule has 0 aliphatic carbocycles. The van der Waals surface area contributed by atoms with Gasteiger partial charge in [0.05, 0.1) is 5.52 Å². The monoisotopic (exact) mass is 233 g/mol. The smallest absolute Gasteiger partial charge is 0.0731 e. The second-order valence-electron chi connectivity index (χ2n) is 4.65. The second-order valence-corrected chi connectivity index (χ2v) is 4.65. The predicted molar refractivity (Wildman–Crippen MR) is 75.7 cm³/mol. The van der Waals surface area contributed by atoms with Crippen LogP contribution in [0.4, 0.5) is 0 Å². The lowest BCUT2D eigenvalue weighted by molar-refractivity contribution is 1.19. The molecular weight excluding hydrogens is 218 g/mol. The minimum absolute atomic E-state index is 0.979. The van der Waals surface area contributed by atoms with Crippen molar-refractivity contribution in [3.63, 3.8) is 0 Å². The van der Waals surface area contributed by atoms with E-state index in [9.17, 15) is 0 Å². The van der Waals surface area contributed by atoms with E-state index in [2.05, 4.69) is 60.4 Å². The number of benzene rings is 2. The molecule has 0 bridgehead atoms. The van der Waals surface area contributed by atoms with E-state index in [1.165, 1.54) is 22.1 Å². The zero-order valence-electron chi connectivity index (χ0n) is 10.4. The molecule has 88 valence electrons. The van der Waals surface area contributed by atoms with Crippen LogP contribution in [0.25, 0.3) is 10.9 Å². The van der Waals surface area contributed by atoms with Crippen LogP contribution in [0, 0.1) is 6.92 Å². The molecule has 0 saturated carbocycles. The Hall–Kier alpha value is -2.15. The maximum atomic E-state index is 4.43. The predicted octanol–water partition coefficient (Wildman–Crippen LogP) is 4.13. The fraction of sp³-hybridized carbons (Fsp3) is 0.118. The second kappa shape index (κ2) is 4.61. The number of hydrogen-bond acceptors (Lipinski definition) is 1. The maximum absolute atomic E-state index is 4.43. The van der Waals surface area contributed by atoms with Crippen molar-refractivity contribution in [1.29, 1.82) is 0 Å². The molecule has 0 radical (unpaired) electrons. The Morgan fingerprint density at radius 2 is 1.72 bits per heavy atom. The summed E-state index contributed by atoms with van der Waals surface area (Å²) in [6, 6.07) is 19.2. The molecule has 2 aromatic carbocycles. The van der Waals surface area contributed by atoms with Gasteiger partial charge in [0.25, 0.3) is 0 Å². The van der Waals surface area contributed by atoms with Crippen LogP contribution in [0.2, 0.25) is 0 Å². The number of nitrogens with zero attached hydrogens (tertiary/aromatic N) is 1. The van der Waals surface area contributed by atoms with E-state index in [0.717, 1.165) is 11.9 Å². The molecule has 0 saturated heterocycles. The summed E-state index contributed by atoms with van der Waals surface area (Å²) in [6.07, 6.45) is 2.83. The summed E-state index contributed by atoms with van der Waals surface area (Å²) in [5.41, 5.74) is 5.05. The van der Waals surface area contributed by atoms with Crippen molar-refractivity contribution in [1.82, 2.24) is 4.98 Å². The molecule has 0 aliphatic rings. The van der Waals surface area contributed by atoms with E-state index in [0.29, 0.717) is 0 Å². The van der Waals surface area contributed by atoms with Crippen LogP contribution in [0.5, 0.6) is 0 Å². The van der Waals surface area contributed by atoms with Crippen LogP contribution >= 0.6 is 0 Å². The summed E-state index contributed by atoms with van der Waals surface area (Å²) in [5, 5.41) is 1.23. The number of fused-ring (bicyclic) bond motifs is 1. The van der Waals surface area contributed by atoms with Gasteiger partial charge in [0.1, 0.15) is 0 Å². The number of hydrogen-bond donors (Lipinski definition) is 0. The van der Waals surface area contributed by atoms with Gasteiger partial charge in [-0.15, -0.1) is 0 Å². The summed E-state index contributed by atoms with van der Waals surface area (Å²) in [7, 11) is 0. The molecule has 0 spiro atoms. The van der Waals surface area contributed by atoms with Gasteiger partial charge >= 0.3 is 0 Å². The van der Waals surface area contributed by atoms with Crippen LogP contribution < -0.4 is 0 Å². The summed E-state index contributed by atoms with van der Waals surface area (Å²) >= 11 is 0. The minimum Gasteiger partial charge on any atom is -0.256 e. The number of pyridine rings is 1. The number of aryl methyl sites for hydroxylation is 1. The summed E-state index contributed by atoms with van der Waals surface area (Å²) < 4.78 is 0. The van der Waals surface area contributed by atoms with E-state index < -0.39 is 0 Å². The van der Waals surface area contributed by atoms with Gasteiger partial charge in [-0.25, -0.2) is 0 Å². The van der Waals surface area contributed by atoms with Crippen molar-refractivity contribution in [2.24, 2.45) is 0 Å². The van der Waals surface area contributed by atoms with Gasteiger partial charge in [-0.1, -0.05) is 42.5 Å². The number of rotatable bonds is 2. The van der Waals surface area contributed by atoms with Crippen molar-refractivity contribution in [3.05, 3.63) is 77.5 Å². The van der Waals surface area contributed by atoms with Crippen LogP contribution in [-0.2, 0) is 6.42 Å². The van der Waals surface area contributed by atoms with Crippen molar-refractivity contribution >= 4 is 10.9 Å². The summed E-state index contributed by atoms with van der Waals surface area (Å²) in [4.78, 5) is 4.43. The van der Waals surface area contributed by atoms with Crippen LogP contribution in [0.3, 0.4) is 0 Å². The molecule has 1 heteroatoms. The van der Waals surface area contributed by atoms with Gasteiger partial charge in [-0.3, -0.25) is 4.98 Å². The lowest BCUT2D eigenvalue weighted by Gasteiger charge is -2.06. The fourth-order valence-corrected chi connectivity index (χ4v) is 2.39. The van der Waals surface area contributed by atoms with Crippen molar-refractivity contribution in [2.75, 3.05) is 0 Å². The Morgan fingerprint density at radius 3 is 2.56 bits per heavy atom. The molecule has 18 heavy (non-hydrogen) atoms. The van der Waals surface area contributed by atoms with Crippen LogP contribution in [0.1, 0.15) is 16.7 Å². The Balaban J connectivity index is 2.03. The zero-order valence-corrected chi connectivity index (χ0v) is 10.4. The Labute approximate surface area is 107 Å². The average molecular weight is 233 g/mol. The Bertz CT molecular complexity index is 672. The first-order valence-corrected chi connectivity index (χ1v) is 6.21. The largest absolute Gasteiger partial charge is 0.256 e. The highest BCUT2D eigenvalue weighted by molar-refractivity contribution is 5.82. The molecule has 1 nitrogen and oxygen atoms in total. The molecule has 0 amide bonds. The van der Waals surface area contributed by atoms with E-state index >= 15 is 0 Å². The summed E-state index contributed by atoms with van der Waals surface area (Å²) in [6.45, 7) is 2.13. The highest BCUT2D eigenvalue weighted by Gasteiger charge is 2.02. The van der Waals surface area contributed by atoms with E-state index in [-0.39, 0.29) is 0 Å². The fourth-order valence-electron chi connectivity index (χ4n) is 2.39. The van der Waals surface area contributed by atoms with E-state index in [4.69, 9.17) is 0 Å². The van der Waals surface area contributed by atoms with Crippen molar-refractivity contribution in [2.45, 2.75) is 13.3 Å². The maximum Gasteiger partial charge on any atom is 0.0731 e. The van der Waals surface area contributed by atoms with Crippen LogP contribution in [-0.4, -0.2) is 4.98 Å². The highest BCUT2D eigenvalue weighted by Crippen LogP contribution is 2.20. The average Bonchev–Trinajstić information content (AvgIpc) is 2.40. The molecule has 1 aromatic heterocycles. The molecule has 1 heterocycles. The van der Waals surface area contributed by atoms with Gasteiger partial charge in [0, 0.05) is 11.6 Å². The Kier molecular flexibility index (Phi) is 2.81. The zero-order chi connectivity index (χ0) is 12.4. The SMILES string of the molecule is Cc1cc(Cc2ccccc2)cc2cccnc12. The van der Waals surface area contributed by atoms with Gasteiger partial charge in [-0.05, 0) is 42.2 Å². The van der Waals surface area contributed by atoms with Gasteiger partial charge < -0.3 is 0 Å². The first-order valence-electron chi connectivity index (χ1n) is 6.21. The molecule has 0 fully saturated rings. The number of aromatic nitrogens is 1. The van der Waals surface area contributed by atoms with Gasteiger partial charge in [0.15, 0.2) is 0 Å². The lowest BCUT2D eigenvalue weighted by Crippen LogP contribution is -1.91. The highest BCUT2D eigenvalue weighted by atomic mass is 14.6. The molecule has 3 aromatic rings. The minimum atomic E-state index is 0.979. The van der Waals surface area contributed by atoms with Crippen molar-refractivity contribution < 1.29 is 0 Å². The molecule has 0 N–H and O–H groups in total. The summed E-state index contributed by atoms with van der Waals surface area (Å²) in [5.74, 6) is 0. The third kappa shape index (κ3) is 2.12. The Morgan fingerprint density at radius 1 is 0.889 bits per heavy atom. The standard InChI is InChI=1S/C17H15N/c1-13-10-15(11-14-6-3-2-4-7-14)12-16-8-5-9-18-17(13)16/h2-10,12H,11H2,1H3. The first-order chi connectivity index (χ1) is 8.83. The lowest BCUT2D eigenvalue weighted by atomic mass is 10.0. The van der Waals surface area contributed by atoms with Gasteiger partial charge in [0.2, 0.25) is 0 Å². The molecule has 0 aliphatic heterocycles. The quantitative estimate of drug-likeness (QED) is 0.648. The first kappa shape index (κ1) is 11.0. The molecular formula is C17H15N. The van der Waals surface area contributed by atoms with Gasteiger partial charge in [-0.2, -0.15) is 0 Å². The topological polar surface area (TPSA) is 12.9 Å². The third-order valence-electron chi connectivity index (χ3n) is 3.21. The van der Waals surface area contributed by atoms with E-state index in [1.807, 2.05) is 12.3 Å². The third-order valence-corrected chi connectivity index (χ3v) is 3.21. The van der Waals surface area contributed by atoms with Crippen molar-refractivity contribution in [3.8, 4) is 0 Å². The molecule has 3 rings (SSSR count). The van der Waals surface area contributed by atoms with Crippen LogP contribution in [0.15, 0.2) is 60.8 Å². The molecule has 0 unspecified atom stereocenters. The normalized spacial score (nSPS) is 10.7.